The van der Waals surface area contributed by atoms with E-state index in [1.807, 2.05) is 37.3 Å². The number of hydrogen-bond acceptors (Lipinski definition) is 3. The zero-order valence-corrected chi connectivity index (χ0v) is 11.1. The number of carbonyl (C=O) groups is 1. The van der Waals surface area contributed by atoms with Crippen LogP contribution in [-0.2, 0) is 9.53 Å². The fraction of sp³-hybridized carbons (Fsp3) is 0.500. The smallest absolute Gasteiger partial charge is 0.222 e. The van der Waals surface area contributed by atoms with E-state index in [-0.39, 0.29) is 18.0 Å². The van der Waals surface area contributed by atoms with Crippen molar-refractivity contribution in [1.29, 1.82) is 0 Å². The summed E-state index contributed by atoms with van der Waals surface area (Å²) in [6.45, 7) is 2.55. The fourth-order valence-corrected chi connectivity index (χ4v) is 1.77. The Morgan fingerprint density at radius 3 is 2.61 bits per heavy atom. The van der Waals surface area contributed by atoms with Crippen LogP contribution in [0.5, 0.6) is 0 Å². The van der Waals surface area contributed by atoms with E-state index in [0.717, 1.165) is 12.0 Å². The van der Waals surface area contributed by atoms with Crippen molar-refractivity contribution < 1.29 is 9.53 Å². The average Bonchev–Trinajstić information content (AvgIpc) is 2.39. The second-order valence-electron chi connectivity index (χ2n) is 4.35. The molecule has 0 heterocycles. The van der Waals surface area contributed by atoms with Crippen molar-refractivity contribution in [3.8, 4) is 0 Å². The van der Waals surface area contributed by atoms with Crippen LogP contribution in [0, 0.1) is 0 Å². The molecule has 0 aliphatic heterocycles. The van der Waals surface area contributed by atoms with Gasteiger partial charge in [0.25, 0.3) is 0 Å². The molecule has 0 aliphatic carbocycles. The number of carbonyl (C=O) groups excluding carboxylic acids is 1. The number of nitrogens with two attached hydrogens (primary N) is 1. The van der Waals surface area contributed by atoms with Gasteiger partial charge < -0.3 is 15.8 Å². The van der Waals surface area contributed by atoms with Crippen LogP contribution >= 0.6 is 0 Å². The summed E-state index contributed by atoms with van der Waals surface area (Å²) in [5.41, 5.74) is 6.97. The van der Waals surface area contributed by atoms with E-state index in [9.17, 15) is 4.79 Å². The van der Waals surface area contributed by atoms with E-state index in [2.05, 4.69) is 5.32 Å². The number of ether oxygens (including phenoxy) is 1. The molecule has 4 nitrogen and oxygen atoms in total. The molecule has 1 rings (SSSR count). The van der Waals surface area contributed by atoms with E-state index in [1.165, 1.54) is 0 Å². The molecule has 100 valence electrons. The van der Waals surface area contributed by atoms with Crippen molar-refractivity contribution in [1.82, 2.24) is 5.32 Å². The van der Waals surface area contributed by atoms with Crippen molar-refractivity contribution in [3.63, 3.8) is 0 Å². The van der Waals surface area contributed by atoms with Gasteiger partial charge in [0.2, 0.25) is 5.91 Å². The molecule has 0 radical (unpaired) electrons. The number of benzene rings is 1. The molecule has 0 aliphatic rings. The summed E-state index contributed by atoms with van der Waals surface area (Å²) < 4.78 is 5.04. The molecule has 0 saturated carbocycles. The van der Waals surface area contributed by atoms with Gasteiger partial charge in [-0.05, 0) is 12.0 Å². The van der Waals surface area contributed by atoms with Crippen LogP contribution in [0.25, 0.3) is 0 Å². The summed E-state index contributed by atoms with van der Waals surface area (Å²) in [5, 5.41) is 2.92. The number of amides is 1. The summed E-state index contributed by atoms with van der Waals surface area (Å²) in [6.07, 6.45) is 1.14. The maximum atomic E-state index is 11.8. The Labute approximate surface area is 109 Å². The van der Waals surface area contributed by atoms with Crippen molar-refractivity contribution in [2.45, 2.75) is 31.8 Å². The summed E-state index contributed by atoms with van der Waals surface area (Å²) in [6, 6.07) is 9.45. The Kier molecular flexibility index (Phi) is 6.39. The molecule has 0 aromatic heterocycles. The zero-order chi connectivity index (χ0) is 13.4. The Morgan fingerprint density at radius 2 is 2.06 bits per heavy atom. The van der Waals surface area contributed by atoms with Gasteiger partial charge in [-0.3, -0.25) is 4.79 Å². The van der Waals surface area contributed by atoms with Crippen molar-refractivity contribution >= 4 is 5.91 Å². The molecule has 0 spiro atoms. The predicted octanol–water partition coefficient (Wildman–Crippen LogP) is 1.62. The second kappa shape index (κ2) is 7.84. The topological polar surface area (TPSA) is 64.3 Å². The fourth-order valence-electron chi connectivity index (χ4n) is 1.77. The highest BCUT2D eigenvalue weighted by molar-refractivity contribution is 5.77. The van der Waals surface area contributed by atoms with Gasteiger partial charge in [-0.15, -0.1) is 0 Å². The van der Waals surface area contributed by atoms with Crippen molar-refractivity contribution in [2.24, 2.45) is 5.73 Å². The van der Waals surface area contributed by atoms with Gasteiger partial charge in [0, 0.05) is 19.6 Å². The highest BCUT2D eigenvalue weighted by Gasteiger charge is 2.14. The SMILES string of the molecule is CCC(COC)NC(=O)CC(N)c1ccccc1. The predicted molar refractivity (Wildman–Crippen MR) is 72.1 cm³/mol. The van der Waals surface area contributed by atoms with Crippen LogP contribution in [0.4, 0.5) is 0 Å². The Hall–Kier alpha value is -1.39. The molecule has 18 heavy (non-hydrogen) atoms. The maximum Gasteiger partial charge on any atom is 0.222 e. The standard InChI is InChI=1S/C14H22N2O2/c1-3-12(10-18-2)16-14(17)9-13(15)11-7-5-4-6-8-11/h4-8,12-13H,3,9-10,15H2,1-2H3,(H,16,17). The first-order chi connectivity index (χ1) is 8.67. The van der Waals surface area contributed by atoms with Crippen molar-refractivity contribution in [2.75, 3.05) is 13.7 Å². The van der Waals surface area contributed by atoms with Gasteiger partial charge in [0.05, 0.1) is 12.6 Å². The Balaban J connectivity index is 2.44. The van der Waals surface area contributed by atoms with E-state index in [4.69, 9.17) is 10.5 Å². The molecular weight excluding hydrogens is 228 g/mol. The Morgan fingerprint density at radius 1 is 1.39 bits per heavy atom. The normalized spacial score (nSPS) is 13.9. The molecule has 2 atom stereocenters. The van der Waals surface area contributed by atoms with Gasteiger partial charge in [-0.1, -0.05) is 37.3 Å². The molecule has 0 fully saturated rings. The number of hydrogen-bond donors (Lipinski definition) is 2. The first-order valence-electron chi connectivity index (χ1n) is 6.26. The first-order valence-corrected chi connectivity index (χ1v) is 6.26. The summed E-state index contributed by atoms with van der Waals surface area (Å²) in [4.78, 5) is 11.8. The minimum Gasteiger partial charge on any atom is -0.383 e. The third-order valence-electron chi connectivity index (χ3n) is 2.86. The van der Waals surface area contributed by atoms with Gasteiger partial charge in [-0.2, -0.15) is 0 Å². The first kappa shape index (κ1) is 14.7. The lowest BCUT2D eigenvalue weighted by Gasteiger charge is -2.18. The minimum absolute atomic E-state index is 0.0322. The maximum absolute atomic E-state index is 11.8. The van der Waals surface area contributed by atoms with Gasteiger partial charge >= 0.3 is 0 Å². The lowest BCUT2D eigenvalue weighted by Crippen LogP contribution is -2.38. The third kappa shape index (κ3) is 4.85. The summed E-state index contributed by atoms with van der Waals surface area (Å²) in [7, 11) is 1.63. The zero-order valence-electron chi connectivity index (χ0n) is 11.1. The summed E-state index contributed by atoms with van der Waals surface area (Å²) >= 11 is 0. The molecule has 4 heteroatoms. The molecule has 2 unspecified atom stereocenters. The lowest BCUT2D eigenvalue weighted by atomic mass is 10.0. The van der Waals surface area contributed by atoms with E-state index >= 15 is 0 Å². The molecule has 0 saturated heterocycles. The van der Waals surface area contributed by atoms with Crippen LogP contribution in [0.1, 0.15) is 31.4 Å². The molecule has 1 aromatic carbocycles. The molecule has 3 N–H and O–H groups in total. The molecule has 0 bridgehead atoms. The van der Waals surface area contributed by atoms with Crippen LogP contribution in [0.3, 0.4) is 0 Å². The van der Waals surface area contributed by atoms with E-state index in [1.54, 1.807) is 7.11 Å². The van der Waals surface area contributed by atoms with E-state index in [0.29, 0.717) is 13.0 Å². The highest BCUT2D eigenvalue weighted by Crippen LogP contribution is 2.13. The largest absolute Gasteiger partial charge is 0.383 e. The van der Waals surface area contributed by atoms with Crippen LogP contribution in [0.2, 0.25) is 0 Å². The molecular formula is C14H22N2O2. The second-order valence-corrected chi connectivity index (χ2v) is 4.35. The molecule has 1 amide bonds. The monoisotopic (exact) mass is 250 g/mol. The third-order valence-corrected chi connectivity index (χ3v) is 2.86. The van der Waals surface area contributed by atoms with Crippen molar-refractivity contribution in [3.05, 3.63) is 35.9 Å². The number of nitrogens with one attached hydrogen (secondary N) is 1. The Bertz CT molecular complexity index is 354. The summed E-state index contributed by atoms with van der Waals surface area (Å²) in [5.74, 6) is -0.0322. The minimum atomic E-state index is -0.258. The van der Waals surface area contributed by atoms with Crippen LogP contribution in [-0.4, -0.2) is 25.7 Å². The van der Waals surface area contributed by atoms with Gasteiger partial charge in [-0.25, -0.2) is 0 Å². The van der Waals surface area contributed by atoms with Gasteiger partial charge in [0.1, 0.15) is 0 Å². The quantitative estimate of drug-likeness (QED) is 0.773. The lowest BCUT2D eigenvalue weighted by molar-refractivity contribution is -0.122. The number of rotatable bonds is 7. The van der Waals surface area contributed by atoms with Gasteiger partial charge in [0.15, 0.2) is 0 Å². The van der Waals surface area contributed by atoms with Crippen LogP contribution in [0.15, 0.2) is 30.3 Å². The highest BCUT2D eigenvalue weighted by atomic mass is 16.5. The average molecular weight is 250 g/mol. The van der Waals surface area contributed by atoms with E-state index < -0.39 is 0 Å². The molecule has 1 aromatic rings. The number of methoxy groups -OCH3 is 1. The van der Waals surface area contributed by atoms with Crippen LogP contribution < -0.4 is 11.1 Å².